The molecule has 1 aromatic heterocycles. The van der Waals surface area contributed by atoms with Crippen molar-refractivity contribution in [1.82, 2.24) is 10.7 Å². The summed E-state index contributed by atoms with van der Waals surface area (Å²) in [5.41, 5.74) is 9.00. The molecule has 0 bridgehead atoms. The maximum Gasteiger partial charge on any atom is 0.247 e. The molecule has 0 saturated heterocycles. The lowest BCUT2D eigenvalue weighted by Gasteiger charge is -2.00. The molecule has 1 rings (SSSR count). The molecule has 6 heteroatoms. The van der Waals surface area contributed by atoms with Crippen molar-refractivity contribution in [3.05, 3.63) is 30.1 Å². The lowest BCUT2D eigenvalue weighted by molar-refractivity contribution is -0.380. The Bertz CT molecular complexity index is 335. The van der Waals surface area contributed by atoms with Gasteiger partial charge >= 0.3 is 0 Å². The highest BCUT2D eigenvalue weighted by atomic mass is 32.1. The van der Waals surface area contributed by atoms with Crippen LogP contribution in [0.15, 0.2) is 29.5 Å². The zero-order valence-electron chi connectivity index (χ0n) is 7.74. The average Bonchev–Trinajstić information content (AvgIpc) is 2.26. The Morgan fingerprint density at radius 2 is 2.36 bits per heavy atom. The number of nitrogens with zero attached hydrogens (tertiary/aromatic N) is 1. The first-order chi connectivity index (χ1) is 6.74. The van der Waals surface area contributed by atoms with Gasteiger partial charge in [0, 0.05) is 19.2 Å². The van der Waals surface area contributed by atoms with Crippen molar-refractivity contribution in [3.63, 3.8) is 0 Å². The molecule has 0 saturated carbocycles. The first-order valence-corrected chi connectivity index (χ1v) is 4.43. The highest BCUT2D eigenvalue weighted by Crippen LogP contribution is 1.86. The van der Waals surface area contributed by atoms with Gasteiger partial charge in [-0.25, -0.2) is 4.98 Å². The fourth-order valence-corrected chi connectivity index (χ4v) is 0.825. The Hall–Kier alpha value is -1.69. The number of nitrogens with two attached hydrogens (primary N) is 1. The Morgan fingerprint density at radius 1 is 1.57 bits per heavy atom. The minimum atomic E-state index is 0.350. The molecule has 0 atom stereocenters. The van der Waals surface area contributed by atoms with E-state index in [0.29, 0.717) is 10.9 Å². The van der Waals surface area contributed by atoms with E-state index in [2.05, 4.69) is 20.8 Å². The van der Waals surface area contributed by atoms with E-state index in [1.165, 1.54) is 0 Å². The molecule has 0 aliphatic carbocycles. The number of amidine groups is 1. The van der Waals surface area contributed by atoms with Crippen molar-refractivity contribution in [1.29, 1.82) is 0 Å². The molecule has 0 spiro atoms. The standard InChI is InChI=1S/C8H11N5S/c1-10-8(14)13-12-7(9)6-4-2-3-5-11-6/h2-5H,1H3,(H2,9,12)(H2,10,13,14)/p+1. The summed E-state index contributed by atoms with van der Waals surface area (Å²) in [7, 11) is 1.70. The van der Waals surface area contributed by atoms with Crippen LogP contribution >= 0.6 is 12.2 Å². The fourth-order valence-electron chi connectivity index (χ4n) is 0.780. The van der Waals surface area contributed by atoms with Gasteiger partial charge < -0.3 is 11.1 Å². The van der Waals surface area contributed by atoms with E-state index in [0.717, 1.165) is 5.69 Å². The van der Waals surface area contributed by atoms with Gasteiger partial charge in [0.15, 0.2) is 11.3 Å². The zero-order chi connectivity index (χ0) is 10.4. The summed E-state index contributed by atoms with van der Waals surface area (Å²) in [5, 5.41) is 7.01. The van der Waals surface area contributed by atoms with Crippen LogP contribution < -0.4 is 21.5 Å². The third-order valence-corrected chi connectivity index (χ3v) is 1.79. The molecule has 0 aromatic carbocycles. The Morgan fingerprint density at radius 3 is 2.93 bits per heavy atom. The molecule has 0 fully saturated rings. The minimum absolute atomic E-state index is 0.350. The van der Waals surface area contributed by atoms with Crippen LogP contribution in [-0.4, -0.2) is 18.0 Å². The lowest BCUT2D eigenvalue weighted by Crippen LogP contribution is -2.32. The maximum absolute atomic E-state index is 5.67. The number of nitrogens with one attached hydrogen (secondary N) is 3. The van der Waals surface area contributed by atoms with Crippen LogP contribution in [-0.2, 0) is 0 Å². The normalized spacial score (nSPS) is 10.8. The molecule has 1 aromatic rings. The first-order valence-electron chi connectivity index (χ1n) is 4.02. The monoisotopic (exact) mass is 210 g/mol. The third-order valence-electron chi connectivity index (χ3n) is 1.49. The van der Waals surface area contributed by atoms with Crippen LogP contribution in [0.3, 0.4) is 0 Å². The van der Waals surface area contributed by atoms with Gasteiger partial charge in [0.05, 0.1) is 0 Å². The van der Waals surface area contributed by atoms with Crippen molar-refractivity contribution >= 4 is 23.2 Å². The highest BCUT2D eigenvalue weighted by Gasteiger charge is 2.04. The van der Waals surface area contributed by atoms with Gasteiger partial charge in [-0.2, -0.15) is 0 Å². The number of aromatic nitrogens is 1. The minimum Gasteiger partial charge on any atom is -0.377 e. The van der Waals surface area contributed by atoms with Crippen molar-refractivity contribution in [2.75, 3.05) is 7.05 Å². The number of aromatic amines is 1. The summed E-state index contributed by atoms with van der Waals surface area (Å²) < 4.78 is 0. The van der Waals surface area contributed by atoms with Crippen molar-refractivity contribution in [3.8, 4) is 0 Å². The lowest BCUT2D eigenvalue weighted by atomic mass is 10.3. The number of hydrazone groups is 1. The molecular weight excluding hydrogens is 198 g/mol. The second-order valence-corrected chi connectivity index (χ2v) is 2.87. The van der Waals surface area contributed by atoms with E-state index in [4.69, 9.17) is 18.0 Å². The van der Waals surface area contributed by atoms with E-state index < -0.39 is 0 Å². The molecular formula is C8H12N5S+. The summed E-state index contributed by atoms with van der Waals surface area (Å²) in [6, 6.07) is 5.55. The second-order valence-electron chi connectivity index (χ2n) is 2.46. The Kier molecular flexibility index (Phi) is 3.81. The quantitative estimate of drug-likeness (QED) is 0.259. The van der Waals surface area contributed by atoms with Crippen LogP contribution in [0.2, 0.25) is 0 Å². The summed E-state index contributed by atoms with van der Waals surface area (Å²) >= 11 is 4.83. The molecule has 74 valence electrons. The number of pyridine rings is 1. The molecule has 14 heavy (non-hydrogen) atoms. The van der Waals surface area contributed by atoms with E-state index in [9.17, 15) is 0 Å². The summed E-state index contributed by atoms with van der Waals surface area (Å²) in [6.45, 7) is 0. The number of rotatable bonds is 2. The summed E-state index contributed by atoms with van der Waals surface area (Å²) in [6.07, 6.45) is 1.77. The van der Waals surface area contributed by atoms with Crippen LogP contribution in [0.4, 0.5) is 0 Å². The van der Waals surface area contributed by atoms with E-state index >= 15 is 0 Å². The summed E-state index contributed by atoms with van der Waals surface area (Å²) in [5.74, 6) is 0.350. The number of hydrogen-bond acceptors (Lipinski definition) is 2. The number of hydrogen-bond donors (Lipinski definition) is 3. The van der Waals surface area contributed by atoms with Crippen molar-refractivity contribution in [2.24, 2.45) is 10.8 Å². The SMILES string of the molecule is CNC(=S)NN=C(N)c1cccc[nH+]1. The van der Waals surface area contributed by atoms with Crippen LogP contribution in [0.25, 0.3) is 0 Å². The Balaban J connectivity index is 2.66. The molecule has 5 nitrogen and oxygen atoms in total. The predicted molar refractivity (Wildman–Crippen MR) is 58.5 cm³/mol. The Labute approximate surface area is 87.4 Å². The van der Waals surface area contributed by atoms with Crippen LogP contribution in [0.1, 0.15) is 5.69 Å². The molecule has 0 unspecified atom stereocenters. The molecule has 1 heterocycles. The molecule has 0 amide bonds. The van der Waals surface area contributed by atoms with Gasteiger partial charge in [0.1, 0.15) is 0 Å². The molecule has 0 radical (unpaired) electrons. The van der Waals surface area contributed by atoms with Gasteiger partial charge in [0.25, 0.3) is 0 Å². The smallest absolute Gasteiger partial charge is 0.247 e. The van der Waals surface area contributed by atoms with Gasteiger partial charge in [-0.3, -0.25) is 5.43 Å². The maximum atomic E-state index is 5.67. The van der Waals surface area contributed by atoms with Gasteiger partial charge in [-0.15, -0.1) is 5.10 Å². The van der Waals surface area contributed by atoms with Crippen molar-refractivity contribution < 1.29 is 4.98 Å². The molecule has 0 aliphatic heterocycles. The second kappa shape index (κ2) is 5.13. The zero-order valence-corrected chi connectivity index (χ0v) is 8.56. The average molecular weight is 210 g/mol. The fraction of sp³-hybridized carbons (Fsp3) is 0.125. The van der Waals surface area contributed by atoms with Gasteiger partial charge in [-0.1, -0.05) is 0 Å². The topological polar surface area (TPSA) is 76.6 Å². The molecule has 0 aliphatic rings. The first kappa shape index (κ1) is 10.4. The predicted octanol–water partition coefficient (Wildman–Crippen LogP) is -0.785. The van der Waals surface area contributed by atoms with Crippen LogP contribution in [0, 0.1) is 0 Å². The van der Waals surface area contributed by atoms with Gasteiger partial charge in [-0.05, 0) is 18.3 Å². The van der Waals surface area contributed by atoms with E-state index in [1.54, 1.807) is 13.2 Å². The van der Waals surface area contributed by atoms with Gasteiger partial charge in [0.2, 0.25) is 11.5 Å². The van der Waals surface area contributed by atoms with Crippen molar-refractivity contribution in [2.45, 2.75) is 0 Å². The van der Waals surface area contributed by atoms with E-state index in [1.807, 2.05) is 18.2 Å². The van der Waals surface area contributed by atoms with Crippen LogP contribution in [0.5, 0.6) is 0 Å². The molecule has 5 N–H and O–H groups in total. The third kappa shape index (κ3) is 2.98. The number of thiocarbonyl (C=S) groups is 1. The summed E-state index contributed by atoms with van der Waals surface area (Å²) in [4.78, 5) is 2.95. The number of H-pyrrole nitrogens is 1. The van der Waals surface area contributed by atoms with E-state index in [-0.39, 0.29) is 0 Å². The highest BCUT2D eigenvalue weighted by molar-refractivity contribution is 7.80. The largest absolute Gasteiger partial charge is 0.377 e.